The fourth-order valence-electron chi connectivity index (χ4n) is 1.12. The van der Waals surface area contributed by atoms with E-state index in [4.69, 9.17) is 4.74 Å². The van der Waals surface area contributed by atoms with Crippen LogP contribution in [-0.4, -0.2) is 6.61 Å². The van der Waals surface area contributed by atoms with Crippen LogP contribution < -0.4 is 4.74 Å². The molecule has 0 N–H and O–H groups in total. The number of unbranched alkanes of at least 4 members (excludes halogenated alkanes) is 2. The lowest BCUT2D eigenvalue weighted by Gasteiger charge is -2.07. The highest BCUT2D eigenvalue weighted by Crippen LogP contribution is 2.25. The summed E-state index contributed by atoms with van der Waals surface area (Å²) in [7, 11) is 0. The molecule has 0 saturated carbocycles. The fraction of sp³-hybridized carbons (Fsp3) is 0.455. The van der Waals surface area contributed by atoms with Gasteiger partial charge in [-0.15, -0.1) is 0 Å². The highest BCUT2D eigenvalue weighted by molar-refractivity contribution is 9.10. The molecule has 0 atom stereocenters. The van der Waals surface area contributed by atoms with Crippen LogP contribution in [0.4, 0.5) is 4.39 Å². The highest BCUT2D eigenvalue weighted by atomic mass is 79.9. The number of rotatable bonds is 5. The summed E-state index contributed by atoms with van der Waals surface area (Å²) in [4.78, 5) is 0. The Morgan fingerprint density at radius 1 is 1.36 bits per heavy atom. The third kappa shape index (κ3) is 3.66. The Morgan fingerprint density at radius 2 is 2.14 bits per heavy atom. The van der Waals surface area contributed by atoms with Gasteiger partial charge in [-0.25, -0.2) is 4.39 Å². The average molecular weight is 261 g/mol. The molecule has 0 radical (unpaired) electrons. The number of benzene rings is 1. The highest BCUT2D eigenvalue weighted by Gasteiger charge is 2.01. The summed E-state index contributed by atoms with van der Waals surface area (Å²) in [6, 6.07) is 4.46. The van der Waals surface area contributed by atoms with Crippen molar-refractivity contribution in [1.29, 1.82) is 0 Å². The van der Waals surface area contributed by atoms with Crippen molar-refractivity contribution in [2.24, 2.45) is 0 Å². The van der Waals surface area contributed by atoms with Gasteiger partial charge in [0, 0.05) is 6.07 Å². The molecule has 0 unspecified atom stereocenters. The molecular formula is C11H14BrFO. The topological polar surface area (TPSA) is 9.23 Å². The molecule has 0 aliphatic carbocycles. The van der Waals surface area contributed by atoms with Gasteiger partial charge in [-0.2, -0.15) is 0 Å². The fourth-order valence-corrected chi connectivity index (χ4v) is 1.48. The van der Waals surface area contributed by atoms with Gasteiger partial charge in [0.2, 0.25) is 0 Å². The summed E-state index contributed by atoms with van der Waals surface area (Å²) in [6.45, 7) is 2.79. The van der Waals surface area contributed by atoms with Crippen LogP contribution >= 0.6 is 15.9 Å². The minimum atomic E-state index is -0.265. The van der Waals surface area contributed by atoms with Crippen LogP contribution in [0.2, 0.25) is 0 Å². The van der Waals surface area contributed by atoms with Gasteiger partial charge < -0.3 is 4.74 Å². The van der Waals surface area contributed by atoms with Crippen LogP contribution in [0.15, 0.2) is 22.7 Å². The normalized spacial score (nSPS) is 10.2. The zero-order valence-electron chi connectivity index (χ0n) is 8.22. The molecule has 0 fully saturated rings. The molecule has 1 aromatic rings. The summed E-state index contributed by atoms with van der Waals surface area (Å²) in [5, 5.41) is 0. The molecule has 0 spiro atoms. The molecule has 0 aliphatic rings. The molecule has 0 heterocycles. The van der Waals surface area contributed by atoms with E-state index in [1.165, 1.54) is 12.1 Å². The monoisotopic (exact) mass is 260 g/mol. The third-order valence-corrected chi connectivity index (χ3v) is 2.55. The molecule has 0 saturated heterocycles. The second-order valence-corrected chi connectivity index (χ2v) is 3.98. The Balaban J connectivity index is 2.45. The largest absolute Gasteiger partial charge is 0.492 e. The van der Waals surface area contributed by atoms with Crippen LogP contribution in [0.5, 0.6) is 5.75 Å². The lowest BCUT2D eigenvalue weighted by atomic mass is 10.3. The summed E-state index contributed by atoms with van der Waals surface area (Å²) in [5.41, 5.74) is 0. The first-order chi connectivity index (χ1) is 6.74. The summed E-state index contributed by atoms with van der Waals surface area (Å²) < 4.78 is 19.1. The molecule has 78 valence electrons. The van der Waals surface area contributed by atoms with E-state index in [0.29, 0.717) is 12.4 Å². The molecule has 1 nitrogen and oxygen atoms in total. The molecule has 0 bridgehead atoms. The van der Waals surface area contributed by atoms with E-state index in [9.17, 15) is 4.39 Å². The van der Waals surface area contributed by atoms with Gasteiger partial charge in [0.25, 0.3) is 0 Å². The Morgan fingerprint density at radius 3 is 2.86 bits per heavy atom. The molecular weight excluding hydrogens is 247 g/mol. The zero-order chi connectivity index (χ0) is 10.4. The van der Waals surface area contributed by atoms with Crippen molar-refractivity contribution < 1.29 is 9.13 Å². The van der Waals surface area contributed by atoms with Crippen molar-refractivity contribution in [3.63, 3.8) is 0 Å². The van der Waals surface area contributed by atoms with Crippen LogP contribution in [0, 0.1) is 5.82 Å². The van der Waals surface area contributed by atoms with Crippen molar-refractivity contribution >= 4 is 15.9 Å². The molecule has 0 aliphatic heterocycles. The first-order valence-electron chi connectivity index (χ1n) is 4.82. The van der Waals surface area contributed by atoms with Crippen molar-refractivity contribution in [1.82, 2.24) is 0 Å². The van der Waals surface area contributed by atoms with Crippen LogP contribution in [-0.2, 0) is 0 Å². The van der Waals surface area contributed by atoms with E-state index in [0.717, 1.165) is 23.7 Å². The smallest absolute Gasteiger partial charge is 0.136 e. The van der Waals surface area contributed by atoms with Crippen LogP contribution in [0.1, 0.15) is 26.2 Å². The molecule has 14 heavy (non-hydrogen) atoms. The van der Waals surface area contributed by atoms with E-state index in [1.54, 1.807) is 6.07 Å². The Hall–Kier alpha value is -0.570. The van der Waals surface area contributed by atoms with E-state index in [1.807, 2.05) is 0 Å². The van der Waals surface area contributed by atoms with Crippen molar-refractivity contribution in [2.75, 3.05) is 6.61 Å². The van der Waals surface area contributed by atoms with E-state index in [-0.39, 0.29) is 5.82 Å². The van der Waals surface area contributed by atoms with Crippen molar-refractivity contribution in [2.45, 2.75) is 26.2 Å². The van der Waals surface area contributed by atoms with E-state index >= 15 is 0 Å². The first kappa shape index (κ1) is 11.5. The van der Waals surface area contributed by atoms with Crippen molar-refractivity contribution in [3.8, 4) is 5.75 Å². The number of hydrogen-bond acceptors (Lipinski definition) is 1. The van der Waals surface area contributed by atoms with E-state index in [2.05, 4.69) is 22.9 Å². The summed E-state index contributed by atoms with van der Waals surface area (Å²) in [5.74, 6) is 0.319. The number of halogens is 2. The minimum absolute atomic E-state index is 0.265. The zero-order valence-corrected chi connectivity index (χ0v) is 9.81. The lowest BCUT2D eigenvalue weighted by Crippen LogP contribution is -1.97. The van der Waals surface area contributed by atoms with Gasteiger partial charge in [-0.3, -0.25) is 0 Å². The Kier molecular flexibility index (Phi) is 4.94. The maximum atomic E-state index is 12.8. The predicted octanol–water partition coefficient (Wildman–Crippen LogP) is 4.16. The van der Waals surface area contributed by atoms with Gasteiger partial charge in [-0.1, -0.05) is 19.8 Å². The summed E-state index contributed by atoms with van der Waals surface area (Å²) >= 11 is 3.31. The van der Waals surface area contributed by atoms with Crippen LogP contribution in [0.25, 0.3) is 0 Å². The standard InChI is InChI=1S/C11H14BrFO/c1-2-3-4-7-14-11-8-9(13)5-6-10(11)12/h5-6,8H,2-4,7H2,1H3. The molecule has 0 amide bonds. The maximum absolute atomic E-state index is 12.8. The second kappa shape index (κ2) is 6.02. The Labute approximate surface area is 92.4 Å². The second-order valence-electron chi connectivity index (χ2n) is 3.13. The Bertz CT molecular complexity index is 289. The van der Waals surface area contributed by atoms with Gasteiger partial charge in [0.05, 0.1) is 11.1 Å². The molecule has 3 heteroatoms. The first-order valence-corrected chi connectivity index (χ1v) is 5.61. The summed E-state index contributed by atoms with van der Waals surface area (Å²) in [6.07, 6.45) is 3.32. The average Bonchev–Trinajstić information content (AvgIpc) is 2.18. The SMILES string of the molecule is CCCCCOc1cc(F)ccc1Br. The predicted molar refractivity (Wildman–Crippen MR) is 59.1 cm³/mol. The molecule has 0 aromatic heterocycles. The van der Waals surface area contributed by atoms with Gasteiger partial charge in [0.15, 0.2) is 0 Å². The lowest BCUT2D eigenvalue weighted by molar-refractivity contribution is 0.303. The number of hydrogen-bond donors (Lipinski definition) is 0. The van der Waals surface area contributed by atoms with Gasteiger partial charge in [0.1, 0.15) is 11.6 Å². The number of ether oxygens (including phenoxy) is 1. The van der Waals surface area contributed by atoms with Gasteiger partial charge in [-0.05, 0) is 34.5 Å². The third-order valence-electron chi connectivity index (χ3n) is 1.90. The minimum Gasteiger partial charge on any atom is -0.492 e. The molecule has 1 aromatic carbocycles. The molecule has 1 rings (SSSR count). The van der Waals surface area contributed by atoms with E-state index < -0.39 is 0 Å². The van der Waals surface area contributed by atoms with Crippen LogP contribution in [0.3, 0.4) is 0 Å². The van der Waals surface area contributed by atoms with Gasteiger partial charge >= 0.3 is 0 Å². The van der Waals surface area contributed by atoms with Crippen molar-refractivity contribution in [3.05, 3.63) is 28.5 Å². The maximum Gasteiger partial charge on any atom is 0.136 e. The quantitative estimate of drug-likeness (QED) is 0.723.